The Balaban J connectivity index is 1.47. The van der Waals surface area contributed by atoms with E-state index in [0.29, 0.717) is 24.4 Å². The highest BCUT2D eigenvalue weighted by molar-refractivity contribution is 5.74. The standard InChI is InChI=1S/C33H52O5/c1-28(2)23-10-14-33(7)24(31(23,5)13-11-25(28)38-19-12-26(34)35)9-8-21-22-20-30(4,27(36)37)16-15-29(22,3)17-18-32(21,33)6/h8,22-25H,9-20H2,1-7H3,(H,34,35)(H,36,37)/t22-,23-,24+,25-,29+,30-,31-,32+,33+/m0/s1. The van der Waals surface area contributed by atoms with Crippen molar-refractivity contribution >= 4 is 11.9 Å². The summed E-state index contributed by atoms with van der Waals surface area (Å²) < 4.78 is 6.24. The second-order valence-electron chi connectivity index (χ2n) is 15.9. The highest BCUT2D eigenvalue weighted by Crippen LogP contribution is 2.75. The van der Waals surface area contributed by atoms with Crippen LogP contribution >= 0.6 is 0 Å². The summed E-state index contributed by atoms with van der Waals surface area (Å²) in [4.78, 5) is 23.4. The largest absolute Gasteiger partial charge is 0.481 e. The Morgan fingerprint density at radius 2 is 1.58 bits per heavy atom. The SMILES string of the molecule is CC1(C)[C@@H](OCCC(=O)O)CC[C@]2(C)[C@H]3CC=C4[C@@H]5C[C@@](C)(C(=O)O)CC[C@]5(C)CC[C@@]4(C)[C@]3(C)CC[C@@H]12. The lowest BCUT2D eigenvalue weighted by molar-refractivity contribution is -0.211. The summed E-state index contributed by atoms with van der Waals surface area (Å²) >= 11 is 0. The zero-order chi connectivity index (χ0) is 27.9. The summed E-state index contributed by atoms with van der Waals surface area (Å²) in [7, 11) is 0. The van der Waals surface area contributed by atoms with Gasteiger partial charge in [-0.25, -0.2) is 0 Å². The summed E-state index contributed by atoms with van der Waals surface area (Å²) in [5.74, 6) is 0.105. The minimum Gasteiger partial charge on any atom is -0.481 e. The van der Waals surface area contributed by atoms with Gasteiger partial charge in [-0.2, -0.15) is 0 Å². The van der Waals surface area contributed by atoms with Gasteiger partial charge in [0.15, 0.2) is 0 Å². The van der Waals surface area contributed by atoms with Crippen LogP contribution in [0, 0.1) is 50.2 Å². The number of hydrogen-bond donors (Lipinski definition) is 2. The Bertz CT molecular complexity index is 1030. The maximum Gasteiger partial charge on any atom is 0.309 e. The third kappa shape index (κ3) is 3.79. The van der Waals surface area contributed by atoms with Gasteiger partial charge in [-0.15, -0.1) is 0 Å². The fraction of sp³-hybridized carbons (Fsp3) is 0.879. The van der Waals surface area contributed by atoms with Crippen molar-refractivity contribution in [3.05, 3.63) is 11.6 Å². The predicted molar refractivity (Wildman–Crippen MR) is 149 cm³/mol. The minimum absolute atomic E-state index is 0.00946. The summed E-state index contributed by atoms with van der Waals surface area (Å²) in [5, 5.41) is 19.2. The number of carbonyl (C=O) groups is 2. The van der Waals surface area contributed by atoms with Crippen LogP contribution in [0.5, 0.6) is 0 Å². The maximum atomic E-state index is 12.3. The Hall–Kier alpha value is -1.36. The molecule has 214 valence electrons. The zero-order valence-corrected chi connectivity index (χ0v) is 25.0. The van der Waals surface area contributed by atoms with E-state index in [1.165, 1.54) is 25.7 Å². The molecule has 0 aromatic rings. The Morgan fingerprint density at radius 1 is 0.895 bits per heavy atom. The van der Waals surface area contributed by atoms with Crippen molar-refractivity contribution in [1.82, 2.24) is 0 Å². The van der Waals surface area contributed by atoms with E-state index in [9.17, 15) is 14.7 Å². The average Bonchev–Trinajstić information content (AvgIpc) is 2.82. The van der Waals surface area contributed by atoms with Crippen LogP contribution in [0.3, 0.4) is 0 Å². The van der Waals surface area contributed by atoms with Gasteiger partial charge in [0.2, 0.25) is 0 Å². The predicted octanol–water partition coefficient (Wildman–Crippen LogP) is 7.73. The molecule has 0 aromatic heterocycles. The monoisotopic (exact) mass is 528 g/mol. The van der Waals surface area contributed by atoms with Gasteiger partial charge < -0.3 is 14.9 Å². The van der Waals surface area contributed by atoms with Crippen molar-refractivity contribution in [3.63, 3.8) is 0 Å². The number of aliphatic carboxylic acids is 2. The quantitative estimate of drug-likeness (QED) is 0.357. The molecule has 5 aliphatic carbocycles. The van der Waals surface area contributed by atoms with E-state index in [2.05, 4.69) is 47.6 Å². The number of ether oxygens (including phenoxy) is 1. The number of carboxylic acids is 2. The van der Waals surface area contributed by atoms with Crippen molar-refractivity contribution in [2.24, 2.45) is 50.2 Å². The normalized spacial score (nSPS) is 49.5. The second kappa shape index (κ2) is 8.82. The molecule has 5 heteroatoms. The molecule has 9 atom stereocenters. The second-order valence-corrected chi connectivity index (χ2v) is 15.9. The molecule has 5 nitrogen and oxygen atoms in total. The lowest BCUT2D eigenvalue weighted by atomic mass is 9.33. The maximum absolute atomic E-state index is 12.3. The molecular weight excluding hydrogens is 476 g/mol. The Labute approximate surface area is 230 Å². The minimum atomic E-state index is -0.792. The Morgan fingerprint density at radius 3 is 2.24 bits per heavy atom. The molecule has 0 unspecified atom stereocenters. The molecule has 0 aromatic carbocycles. The van der Waals surface area contributed by atoms with Gasteiger partial charge >= 0.3 is 11.9 Å². The highest BCUT2D eigenvalue weighted by atomic mass is 16.5. The first-order valence-corrected chi connectivity index (χ1v) is 15.3. The summed E-state index contributed by atoms with van der Waals surface area (Å²) in [6.07, 6.45) is 13.4. The van der Waals surface area contributed by atoms with Crippen molar-refractivity contribution in [3.8, 4) is 0 Å². The molecule has 4 saturated carbocycles. The fourth-order valence-corrected chi connectivity index (χ4v) is 11.1. The van der Waals surface area contributed by atoms with Gasteiger partial charge in [0, 0.05) is 0 Å². The van der Waals surface area contributed by atoms with E-state index in [1.807, 2.05) is 6.92 Å². The lowest BCUT2D eigenvalue weighted by Crippen LogP contribution is -2.64. The first-order chi connectivity index (χ1) is 17.5. The first kappa shape index (κ1) is 28.2. The third-order valence-corrected chi connectivity index (χ3v) is 13.9. The summed E-state index contributed by atoms with van der Waals surface area (Å²) in [5.41, 5.74) is 1.75. The number of allylic oxidation sites excluding steroid dienone is 2. The molecule has 2 N–H and O–H groups in total. The van der Waals surface area contributed by atoms with Crippen molar-refractivity contribution in [2.75, 3.05) is 6.61 Å². The third-order valence-electron chi connectivity index (χ3n) is 13.9. The molecule has 0 saturated heterocycles. The van der Waals surface area contributed by atoms with E-state index >= 15 is 0 Å². The van der Waals surface area contributed by atoms with Crippen LogP contribution in [-0.2, 0) is 14.3 Å². The van der Waals surface area contributed by atoms with Gasteiger partial charge in [0.25, 0.3) is 0 Å². The number of fused-ring (bicyclic) bond motifs is 7. The van der Waals surface area contributed by atoms with E-state index in [0.717, 1.165) is 38.5 Å². The van der Waals surface area contributed by atoms with Crippen LogP contribution in [0.2, 0.25) is 0 Å². The topological polar surface area (TPSA) is 83.8 Å². The Kier molecular flexibility index (Phi) is 6.54. The lowest BCUT2D eigenvalue weighted by Gasteiger charge is -2.71. The molecule has 0 spiro atoms. The summed E-state index contributed by atoms with van der Waals surface area (Å²) in [6.45, 7) is 17.2. The first-order valence-electron chi connectivity index (χ1n) is 15.3. The summed E-state index contributed by atoms with van der Waals surface area (Å²) in [6, 6.07) is 0. The van der Waals surface area contributed by atoms with Crippen molar-refractivity contribution in [2.45, 2.75) is 125 Å². The number of rotatable bonds is 5. The number of carboxylic acid groups (broad SMARTS) is 2. The van der Waals surface area contributed by atoms with Gasteiger partial charge in [0.05, 0.1) is 24.5 Å². The molecule has 0 radical (unpaired) electrons. The van der Waals surface area contributed by atoms with Crippen LogP contribution in [0.25, 0.3) is 0 Å². The van der Waals surface area contributed by atoms with Crippen LogP contribution < -0.4 is 0 Å². The molecular formula is C33H52O5. The van der Waals surface area contributed by atoms with Crippen LogP contribution in [0.1, 0.15) is 119 Å². The number of hydrogen-bond acceptors (Lipinski definition) is 3. The van der Waals surface area contributed by atoms with E-state index in [4.69, 9.17) is 9.84 Å². The molecule has 0 heterocycles. The van der Waals surface area contributed by atoms with Crippen LogP contribution in [-0.4, -0.2) is 34.9 Å². The molecule has 0 aliphatic heterocycles. The van der Waals surface area contributed by atoms with Crippen molar-refractivity contribution < 1.29 is 24.5 Å². The van der Waals surface area contributed by atoms with Crippen molar-refractivity contribution in [1.29, 1.82) is 0 Å². The van der Waals surface area contributed by atoms with Crippen LogP contribution in [0.4, 0.5) is 0 Å². The molecule has 5 rings (SSSR count). The van der Waals surface area contributed by atoms with Gasteiger partial charge in [-0.05, 0) is 116 Å². The highest BCUT2D eigenvalue weighted by Gasteiger charge is 2.68. The molecule has 0 bridgehead atoms. The van der Waals surface area contributed by atoms with Gasteiger partial charge in [-0.1, -0.05) is 53.2 Å². The smallest absolute Gasteiger partial charge is 0.309 e. The van der Waals surface area contributed by atoms with Gasteiger partial charge in [-0.3, -0.25) is 9.59 Å². The van der Waals surface area contributed by atoms with E-state index in [-0.39, 0.29) is 39.6 Å². The zero-order valence-electron chi connectivity index (χ0n) is 25.0. The molecule has 38 heavy (non-hydrogen) atoms. The average molecular weight is 529 g/mol. The van der Waals surface area contributed by atoms with Crippen LogP contribution in [0.15, 0.2) is 11.6 Å². The van der Waals surface area contributed by atoms with Gasteiger partial charge in [0.1, 0.15) is 0 Å². The molecule has 4 fully saturated rings. The van der Waals surface area contributed by atoms with E-state index in [1.54, 1.807) is 5.57 Å². The fourth-order valence-electron chi connectivity index (χ4n) is 11.1. The molecule has 5 aliphatic rings. The van der Waals surface area contributed by atoms with E-state index < -0.39 is 17.4 Å². The molecule has 0 amide bonds.